The van der Waals surface area contributed by atoms with Crippen LogP contribution >= 0.6 is 23.2 Å². The van der Waals surface area contributed by atoms with Crippen LogP contribution in [0.2, 0.25) is 10.0 Å². The zero-order chi connectivity index (χ0) is 15.6. The van der Waals surface area contributed by atoms with Crippen molar-refractivity contribution in [2.24, 2.45) is 11.1 Å². The summed E-state index contributed by atoms with van der Waals surface area (Å²) in [5.74, 6) is 0.0773. The van der Waals surface area contributed by atoms with Crippen LogP contribution in [-0.4, -0.2) is 36.2 Å². The maximum atomic E-state index is 11.9. The molecule has 6 heteroatoms. The number of likely N-dealkylation sites (N-methyl/N-ethyl adjacent to an activating group) is 1. The number of nitrogens with zero attached hydrogens (tertiary/aromatic N) is 2. The molecule has 0 aromatic heterocycles. The van der Waals surface area contributed by atoms with Crippen LogP contribution in [0.1, 0.15) is 25.8 Å². The Morgan fingerprint density at radius 2 is 2.14 bits per heavy atom. The minimum absolute atomic E-state index is 0.0214. The van der Waals surface area contributed by atoms with Gasteiger partial charge >= 0.3 is 0 Å². The molecule has 0 saturated heterocycles. The van der Waals surface area contributed by atoms with Gasteiger partial charge in [-0.1, -0.05) is 48.3 Å². The molecule has 4 nitrogen and oxygen atoms in total. The second-order valence-electron chi connectivity index (χ2n) is 5.47. The first-order valence-corrected chi connectivity index (χ1v) is 7.57. The molecule has 21 heavy (non-hydrogen) atoms. The fourth-order valence-electron chi connectivity index (χ4n) is 2.21. The highest BCUT2D eigenvalue weighted by Gasteiger charge is 2.26. The lowest BCUT2D eigenvalue weighted by molar-refractivity contribution is -0.134. The van der Waals surface area contributed by atoms with Crippen LogP contribution in [0.3, 0.4) is 0 Å². The van der Waals surface area contributed by atoms with Crippen molar-refractivity contribution in [1.29, 1.82) is 0 Å². The summed E-state index contributed by atoms with van der Waals surface area (Å²) < 4.78 is 0. The summed E-state index contributed by atoms with van der Waals surface area (Å²) in [6.45, 7) is 4.28. The van der Waals surface area contributed by atoms with Gasteiger partial charge in [0, 0.05) is 24.9 Å². The highest BCUT2D eigenvalue weighted by Crippen LogP contribution is 2.25. The average molecular weight is 329 g/mol. The van der Waals surface area contributed by atoms with Gasteiger partial charge in [-0.25, -0.2) is 0 Å². The molecular formula is C15H18Cl2N2O2. The first-order chi connectivity index (χ1) is 9.88. The van der Waals surface area contributed by atoms with E-state index in [1.54, 1.807) is 24.1 Å². The van der Waals surface area contributed by atoms with Crippen LogP contribution in [0.25, 0.3) is 0 Å². The SMILES string of the molecule is CC(C)C(=O)N(C)C[C@H]1CC(c2ccc(Cl)c(Cl)c2)=NO1. The van der Waals surface area contributed by atoms with Gasteiger partial charge in [0.25, 0.3) is 0 Å². The van der Waals surface area contributed by atoms with E-state index in [1.165, 1.54) is 0 Å². The summed E-state index contributed by atoms with van der Waals surface area (Å²) in [4.78, 5) is 19.0. The fraction of sp³-hybridized carbons (Fsp3) is 0.467. The van der Waals surface area contributed by atoms with E-state index in [9.17, 15) is 4.79 Å². The third-order valence-electron chi connectivity index (χ3n) is 3.33. The molecule has 2 rings (SSSR count). The third kappa shape index (κ3) is 3.89. The van der Waals surface area contributed by atoms with E-state index in [1.807, 2.05) is 19.9 Å². The minimum atomic E-state index is -0.123. The van der Waals surface area contributed by atoms with E-state index in [2.05, 4.69) is 5.16 Å². The van der Waals surface area contributed by atoms with E-state index in [4.69, 9.17) is 28.0 Å². The van der Waals surface area contributed by atoms with Crippen LogP contribution < -0.4 is 0 Å². The van der Waals surface area contributed by atoms with Gasteiger partial charge in [-0.3, -0.25) is 4.79 Å². The lowest BCUT2D eigenvalue weighted by Gasteiger charge is -2.21. The third-order valence-corrected chi connectivity index (χ3v) is 4.07. The van der Waals surface area contributed by atoms with Crippen LogP contribution in [0, 0.1) is 5.92 Å². The number of hydrogen-bond donors (Lipinski definition) is 0. The van der Waals surface area contributed by atoms with Gasteiger partial charge < -0.3 is 9.74 Å². The van der Waals surface area contributed by atoms with Crippen molar-refractivity contribution in [1.82, 2.24) is 4.90 Å². The smallest absolute Gasteiger partial charge is 0.224 e. The topological polar surface area (TPSA) is 41.9 Å². The number of carbonyl (C=O) groups excluding carboxylic acids is 1. The molecule has 0 spiro atoms. The van der Waals surface area contributed by atoms with Crippen LogP contribution in [-0.2, 0) is 9.63 Å². The van der Waals surface area contributed by atoms with Gasteiger partial charge in [-0.05, 0) is 12.1 Å². The predicted octanol–water partition coefficient (Wildman–Crippen LogP) is 3.60. The molecule has 1 aromatic rings. The molecule has 1 aliphatic rings. The number of hydrogen-bond acceptors (Lipinski definition) is 3. The molecule has 1 amide bonds. The van der Waals surface area contributed by atoms with E-state index >= 15 is 0 Å². The number of oxime groups is 1. The van der Waals surface area contributed by atoms with E-state index in [-0.39, 0.29) is 17.9 Å². The van der Waals surface area contributed by atoms with Crippen LogP contribution in [0.15, 0.2) is 23.4 Å². The zero-order valence-electron chi connectivity index (χ0n) is 12.3. The first-order valence-electron chi connectivity index (χ1n) is 6.81. The largest absolute Gasteiger partial charge is 0.390 e. The first kappa shape index (κ1) is 16.1. The van der Waals surface area contributed by atoms with E-state index < -0.39 is 0 Å². The zero-order valence-corrected chi connectivity index (χ0v) is 13.8. The van der Waals surface area contributed by atoms with Crippen molar-refractivity contribution in [3.8, 4) is 0 Å². The van der Waals surface area contributed by atoms with Crippen molar-refractivity contribution >= 4 is 34.8 Å². The van der Waals surface area contributed by atoms with Crippen molar-refractivity contribution in [2.45, 2.75) is 26.4 Å². The molecule has 0 unspecified atom stereocenters. The lowest BCUT2D eigenvalue weighted by atomic mass is 10.0. The monoisotopic (exact) mass is 328 g/mol. The Morgan fingerprint density at radius 1 is 1.43 bits per heavy atom. The molecule has 1 aliphatic heterocycles. The second-order valence-corrected chi connectivity index (χ2v) is 6.29. The van der Waals surface area contributed by atoms with Gasteiger partial charge in [0.15, 0.2) is 6.10 Å². The maximum Gasteiger partial charge on any atom is 0.224 e. The second kappa shape index (κ2) is 6.67. The normalized spacial score (nSPS) is 17.6. The van der Waals surface area contributed by atoms with Gasteiger partial charge in [-0.2, -0.15) is 0 Å². The quantitative estimate of drug-likeness (QED) is 0.847. The molecule has 0 N–H and O–H groups in total. The summed E-state index contributed by atoms with van der Waals surface area (Å²) in [6, 6.07) is 5.38. The van der Waals surface area contributed by atoms with Gasteiger partial charge in [-0.15, -0.1) is 0 Å². The molecule has 0 bridgehead atoms. The molecule has 0 fully saturated rings. The Balaban J connectivity index is 1.96. The average Bonchev–Trinajstić information content (AvgIpc) is 2.89. The molecule has 0 radical (unpaired) electrons. The Hall–Kier alpha value is -1.26. The maximum absolute atomic E-state index is 11.9. The summed E-state index contributed by atoms with van der Waals surface area (Å²) in [7, 11) is 1.78. The molecule has 1 aromatic carbocycles. The van der Waals surface area contributed by atoms with Crippen LogP contribution in [0.4, 0.5) is 0 Å². The van der Waals surface area contributed by atoms with E-state index in [0.29, 0.717) is 23.0 Å². The van der Waals surface area contributed by atoms with Gasteiger partial charge in [0.2, 0.25) is 5.91 Å². The van der Waals surface area contributed by atoms with Crippen molar-refractivity contribution in [2.75, 3.05) is 13.6 Å². The molecule has 114 valence electrons. The van der Waals surface area contributed by atoms with Crippen molar-refractivity contribution < 1.29 is 9.63 Å². The Morgan fingerprint density at radius 3 is 2.76 bits per heavy atom. The highest BCUT2D eigenvalue weighted by molar-refractivity contribution is 6.42. The fourth-order valence-corrected chi connectivity index (χ4v) is 2.51. The lowest BCUT2D eigenvalue weighted by Crippen LogP contribution is -2.36. The molecule has 1 heterocycles. The summed E-state index contributed by atoms with van der Waals surface area (Å²) in [6.07, 6.45) is 0.523. The number of amides is 1. The summed E-state index contributed by atoms with van der Waals surface area (Å²) >= 11 is 11.9. The highest BCUT2D eigenvalue weighted by atomic mass is 35.5. The van der Waals surface area contributed by atoms with Gasteiger partial charge in [0.1, 0.15) is 0 Å². The number of benzene rings is 1. The van der Waals surface area contributed by atoms with E-state index in [0.717, 1.165) is 11.3 Å². The van der Waals surface area contributed by atoms with Gasteiger partial charge in [0.05, 0.1) is 22.3 Å². The summed E-state index contributed by atoms with van der Waals surface area (Å²) in [5.41, 5.74) is 1.72. The Kier molecular flexibility index (Phi) is 5.12. The molecule has 0 aliphatic carbocycles. The summed E-state index contributed by atoms with van der Waals surface area (Å²) in [5, 5.41) is 5.10. The number of rotatable bonds is 4. The molecule has 1 atom stereocenters. The predicted molar refractivity (Wildman–Crippen MR) is 85.0 cm³/mol. The Labute approximate surface area is 134 Å². The molecule has 0 saturated carbocycles. The standard InChI is InChI=1S/C15H18Cl2N2O2/c1-9(2)15(20)19(3)8-11-7-14(18-21-11)10-4-5-12(16)13(17)6-10/h4-6,9,11H,7-8H2,1-3H3/t11-/m1/s1. The number of halogens is 2. The van der Waals surface area contributed by atoms with Crippen LogP contribution in [0.5, 0.6) is 0 Å². The minimum Gasteiger partial charge on any atom is -0.390 e. The molecular weight excluding hydrogens is 311 g/mol. The van der Waals surface area contributed by atoms with Crippen molar-refractivity contribution in [3.05, 3.63) is 33.8 Å². The van der Waals surface area contributed by atoms with Crippen molar-refractivity contribution in [3.63, 3.8) is 0 Å². The Bertz CT molecular complexity index is 573. The number of carbonyl (C=O) groups is 1.